The maximum atomic E-state index is 11.6. The van der Waals surface area contributed by atoms with E-state index >= 15 is 0 Å². The Kier molecular flexibility index (Phi) is 3.73. The van der Waals surface area contributed by atoms with Gasteiger partial charge >= 0.3 is 0 Å². The Morgan fingerprint density at radius 2 is 1.94 bits per heavy atom. The Balaban J connectivity index is 2.34. The van der Waals surface area contributed by atoms with Crippen LogP contribution in [0.1, 0.15) is 22.6 Å². The molecule has 2 rings (SSSR count). The molecule has 1 aromatic carbocycles. The van der Waals surface area contributed by atoms with E-state index in [-0.39, 0.29) is 5.56 Å². The smallest absolute Gasteiger partial charge is 0.254 e. The quantitative estimate of drug-likeness (QED) is 0.919. The molecule has 0 aliphatic carbocycles. The van der Waals surface area contributed by atoms with E-state index in [4.69, 9.17) is 23.2 Å². The molecule has 0 spiro atoms. The van der Waals surface area contributed by atoms with Gasteiger partial charge < -0.3 is 4.98 Å². The van der Waals surface area contributed by atoms with Gasteiger partial charge in [-0.05, 0) is 31.5 Å². The average Bonchev–Trinajstić information content (AvgIpc) is 2.31. The summed E-state index contributed by atoms with van der Waals surface area (Å²) in [7, 11) is 0. The highest BCUT2D eigenvalue weighted by atomic mass is 35.5. The molecule has 1 heterocycles. The first-order valence-electron chi connectivity index (χ1n) is 5.47. The molecule has 0 saturated heterocycles. The molecular weight excluding hydrogens is 271 g/mol. The Morgan fingerprint density at radius 1 is 1.22 bits per heavy atom. The maximum absolute atomic E-state index is 11.6. The van der Waals surface area contributed by atoms with Gasteiger partial charge in [-0.3, -0.25) is 4.79 Å². The van der Waals surface area contributed by atoms with Crippen molar-refractivity contribution in [2.75, 3.05) is 0 Å². The molecule has 0 aliphatic heterocycles. The predicted molar refractivity (Wildman–Crippen MR) is 73.6 cm³/mol. The molecule has 0 amide bonds. The molecule has 0 aliphatic rings. The standard InChI is InChI=1S/C13H12Cl2N2O/c1-7-8(2)16-12(17-13(7)18)6-9-3-4-10(14)11(15)5-9/h3-5H,6H2,1-2H3,(H,16,17,18). The van der Waals surface area contributed by atoms with Crippen LogP contribution in [0, 0.1) is 13.8 Å². The first kappa shape index (κ1) is 13.1. The van der Waals surface area contributed by atoms with Crippen LogP contribution < -0.4 is 5.56 Å². The van der Waals surface area contributed by atoms with E-state index in [0.29, 0.717) is 27.9 Å². The molecule has 1 N–H and O–H groups in total. The van der Waals surface area contributed by atoms with E-state index in [0.717, 1.165) is 11.3 Å². The highest BCUT2D eigenvalue weighted by Gasteiger charge is 2.06. The number of nitrogens with one attached hydrogen (secondary N) is 1. The van der Waals surface area contributed by atoms with Crippen LogP contribution in [0.2, 0.25) is 10.0 Å². The summed E-state index contributed by atoms with van der Waals surface area (Å²) in [6.07, 6.45) is 0.521. The van der Waals surface area contributed by atoms with E-state index in [2.05, 4.69) is 9.97 Å². The van der Waals surface area contributed by atoms with Crippen LogP contribution in [0.15, 0.2) is 23.0 Å². The molecule has 18 heavy (non-hydrogen) atoms. The van der Waals surface area contributed by atoms with Gasteiger partial charge in [-0.25, -0.2) is 4.98 Å². The fraction of sp³-hybridized carbons (Fsp3) is 0.231. The normalized spacial score (nSPS) is 10.7. The van der Waals surface area contributed by atoms with Gasteiger partial charge in [0.05, 0.1) is 10.0 Å². The number of rotatable bonds is 2. The third-order valence-corrected chi connectivity index (χ3v) is 3.54. The second kappa shape index (κ2) is 5.12. The number of benzene rings is 1. The van der Waals surface area contributed by atoms with E-state index in [1.165, 1.54) is 0 Å². The fourth-order valence-electron chi connectivity index (χ4n) is 1.63. The first-order chi connectivity index (χ1) is 8.47. The SMILES string of the molecule is Cc1nc(Cc2ccc(Cl)c(Cl)c2)[nH]c(=O)c1C. The molecule has 0 saturated carbocycles. The van der Waals surface area contributed by atoms with Crippen molar-refractivity contribution >= 4 is 23.2 Å². The second-order valence-corrected chi connectivity index (χ2v) is 4.96. The van der Waals surface area contributed by atoms with Gasteiger partial charge in [0.25, 0.3) is 5.56 Å². The number of nitrogens with zero attached hydrogens (tertiary/aromatic N) is 1. The number of hydrogen-bond acceptors (Lipinski definition) is 2. The van der Waals surface area contributed by atoms with Crippen LogP contribution in [0.25, 0.3) is 0 Å². The number of aryl methyl sites for hydroxylation is 1. The van der Waals surface area contributed by atoms with Crippen LogP contribution in [-0.4, -0.2) is 9.97 Å². The zero-order valence-corrected chi connectivity index (χ0v) is 11.6. The largest absolute Gasteiger partial charge is 0.310 e. The van der Waals surface area contributed by atoms with Gasteiger partial charge in [0.2, 0.25) is 0 Å². The number of aromatic amines is 1. The van der Waals surface area contributed by atoms with Crippen molar-refractivity contribution in [3.8, 4) is 0 Å². The molecule has 94 valence electrons. The summed E-state index contributed by atoms with van der Waals surface area (Å²) in [6, 6.07) is 5.38. The zero-order valence-electron chi connectivity index (χ0n) is 10.1. The summed E-state index contributed by atoms with van der Waals surface area (Å²) in [4.78, 5) is 18.7. The van der Waals surface area contributed by atoms with E-state index in [1.807, 2.05) is 13.0 Å². The minimum absolute atomic E-state index is 0.0995. The van der Waals surface area contributed by atoms with Gasteiger partial charge in [-0.1, -0.05) is 29.3 Å². The Labute approximate surface area is 115 Å². The number of halogens is 2. The highest BCUT2D eigenvalue weighted by Crippen LogP contribution is 2.23. The van der Waals surface area contributed by atoms with E-state index in [1.54, 1.807) is 19.1 Å². The lowest BCUT2D eigenvalue weighted by Crippen LogP contribution is -2.16. The minimum Gasteiger partial charge on any atom is -0.310 e. The Bertz CT molecular complexity index is 650. The lowest BCUT2D eigenvalue weighted by Gasteiger charge is -2.05. The third-order valence-electron chi connectivity index (χ3n) is 2.80. The molecule has 5 heteroatoms. The van der Waals surface area contributed by atoms with E-state index in [9.17, 15) is 4.79 Å². The molecular formula is C13H12Cl2N2O. The monoisotopic (exact) mass is 282 g/mol. The van der Waals surface area contributed by atoms with Crippen molar-refractivity contribution in [1.29, 1.82) is 0 Å². The Morgan fingerprint density at radius 3 is 2.56 bits per heavy atom. The first-order valence-corrected chi connectivity index (χ1v) is 6.23. The minimum atomic E-state index is -0.0995. The number of aromatic nitrogens is 2. The summed E-state index contributed by atoms with van der Waals surface area (Å²) < 4.78 is 0. The van der Waals surface area contributed by atoms with Gasteiger partial charge in [0, 0.05) is 17.7 Å². The molecule has 3 nitrogen and oxygen atoms in total. The fourth-order valence-corrected chi connectivity index (χ4v) is 1.95. The van der Waals surface area contributed by atoms with Crippen molar-refractivity contribution in [1.82, 2.24) is 9.97 Å². The van der Waals surface area contributed by atoms with Gasteiger partial charge in [-0.15, -0.1) is 0 Å². The lowest BCUT2D eigenvalue weighted by atomic mass is 10.1. The van der Waals surface area contributed by atoms with Crippen LogP contribution in [0.5, 0.6) is 0 Å². The zero-order chi connectivity index (χ0) is 13.3. The maximum Gasteiger partial charge on any atom is 0.254 e. The second-order valence-electron chi connectivity index (χ2n) is 4.15. The number of H-pyrrole nitrogens is 1. The van der Waals surface area contributed by atoms with Crippen molar-refractivity contribution in [3.63, 3.8) is 0 Å². The van der Waals surface area contributed by atoms with E-state index < -0.39 is 0 Å². The number of hydrogen-bond donors (Lipinski definition) is 1. The van der Waals surface area contributed by atoms with Crippen molar-refractivity contribution in [2.45, 2.75) is 20.3 Å². The molecule has 0 fully saturated rings. The molecule has 0 radical (unpaired) electrons. The summed E-state index contributed by atoms with van der Waals surface area (Å²) in [6.45, 7) is 3.58. The summed E-state index contributed by atoms with van der Waals surface area (Å²) >= 11 is 11.8. The molecule has 2 aromatic rings. The summed E-state index contributed by atoms with van der Waals surface area (Å²) in [5, 5.41) is 1.02. The third kappa shape index (κ3) is 2.74. The summed E-state index contributed by atoms with van der Waals surface area (Å²) in [5.74, 6) is 0.626. The predicted octanol–water partition coefficient (Wildman–Crippen LogP) is 3.28. The van der Waals surface area contributed by atoms with Crippen LogP contribution >= 0.6 is 23.2 Å². The van der Waals surface area contributed by atoms with Crippen LogP contribution in [0.4, 0.5) is 0 Å². The van der Waals surface area contributed by atoms with Gasteiger partial charge in [-0.2, -0.15) is 0 Å². The van der Waals surface area contributed by atoms with Crippen LogP contribution in [0.3, 0.4) is 0 Å². The Hall–Kier alpha value is -1.32. The molecule has 0 unspecified atom stereocenters. The summed E-state index contributed by atoms with van der Waals surface area (Å²) in [5.41, 5.74) is 2.25. The van der Waals surface area contributed by atoms with Gasteiger partial charge in [0.1, 0.15) is 5.82 Å². The van der Waals surface area contributed by atoms with Crippen molar-refractivity contribution < 1.29 is 0 Å². The molecule has 1 aromatic heterocycles. The highest BCUT2D eigenvalue weighted by molar-refractivity contribution is 6.42. The molecule has 0 bridgehead atoms. The van der Waals surface area contributed by atoms with Gasteiger partial charge in [0.15, 0.2) is 0 Å². The van der Waals surface area contributed by atoms with Crippen LogP contribution in [-0.2, 0) is 6.42 Å². The van der Waals surface area contributed by atoms with Crippen molar-refractivity contribution in [2.24, 2.45) is 0 Å². The topological polar surface area (TPSA) is 45.8 Å². The van der Waals surface area contributed by atoms with Crippen molar-refractivity contribution in [3.05, 3.63) is 61.2 Å². The lowest BCUT2D eigenvalue weighted by molar-refractivity contribution is 0.903. The average molecular weight is 283 g/mol. The molecule has 0 atom stereocenters.